The van der Waals surface area contributed by atoms with Crippen molar-refractivity contribution < 1.29 is 13.9 Å². The van der Waals surface area contributed by atoms with Gasteiger partial charge < -0.3 is 20.1 Å². The molecule has 1 aliphatic heterocycles. The fourth-order valence-corrected chi connectivity index (χ4v) is 3.01. The summed E-state index contributed by atoms with van der Waals surface area (Å²) < 4.78 is 25.4. The molecule has 1 heterocycles. The number of ether oxygens (including phenoxy) is 2. The van der Waals surface area contributed by atoms with E-state index in [0.29, 0.717) is 31.2 Å². The molecule has 2 N–H and O–H groups in total. The average Bonchev–Trinajstić information content (AvgIpc) is 3.19. The minimum Gasteiger partial charge on any atom is -0.488 e. The maximum atomic E-state index is 13.8. The first-order valence-electron chi connectivity index (χ1n) is 9.75. The standard InChI is InChI=1S/C22H28FN3O2/c1-3-24-22(25-13-17-6-4-5-7-20(17)23)26-14-18-9-8-16(2)12-21(18)28-19-10-11-27-15-19/h4-9,12,19H,3,10-11,13-15H2,1-2H3,(H2,24,25,26). The Morgan fingerprint density at radius 1 is 1.21 bits per heavy atom. The fourth-order valence-electron chi connectivity index (χ4n) is 3.01. The van der Waals surface area contributed by atoms with Crippen molar-refractivity contribution in [2.45, 2.75) is 39.5 Å². The van der Waals surface area contributed by atoms with Crippen LogP contribution in [0.4, 0.5) is 4.39 Å². The van der Waals surface area contributed by atoms with Gasteiger partial charge in [-0.2, -0.15) is 0 Å². The van der Waals surface area contributed by atoms with E-state index in [4.69, 9.17) is 9.47 Å². The topological polar surface area (TPSA) is 54.9 Å². The molecular weight excluding hydrogens is 357 g/mol. The van der Waals surface area contributed by atoms with E-state index in [0.717, 1.165) is 36.4 Å². The minimum atomic E-state index is -0.223. The molecule has 0 aromatic heterocycles. The van der Waals surface area contributed by atoms with Crippen molar-refractivity contribution in [2.75, 3.05) is 19.8 Å². The van der Waals surface area contributed by atoms with Gasteiger partial charge in [0.05, 0.1) is 19.8 Å². The quantitative estimate of drug-likeness (QED) is 0.565. The zero-order chi connectivity index (χ0) is 19.8. The summed E-state index contributed by atoms with van der Waals surface area (Å²) in [6, 6.07) is 12.9. The van der Waals surface area contributed by atoms with Gasteiger partial charge in [-0.3, -0.25) is 0 Å². The third-order valence-corrected chi connectivity index (χ3v) is 4.56. The molecule has 0 spiro atoms. The van der Waals surface area contributed by atoms with E-state index >= 15 is 0 Å². The number of benzene rings is 2. The van der Waals surface area contributed by atoms with E-state index in [9.17, 15) is 4.39 Å². The largest absolute Gasteiger partial charge is 0.488 e. The number of rotatable bonds is 7. The summed E-state index contributed by atoms with van der Waals surface area (Å²) in [5.74, 6) is 1.27. The van der Waals surface area contributed by atoms with Crippen molar-refractivity contribution in [3.8, 4) is 5.75 Å². The lowest BCUT2D eigenvalue weighted by molar-refractivity contribution is 0.140. The molecule has 5 nitrogen and oxygen atoms in total. The van der Waals surface area contributed by atoms with Crippen LogP contribution in [-0.2, 0) is 17.8 Å². The maximum Gasteiger partial charge on any atom is 0.191 e. The van der Waals surface area contributed by atoms with Crippen LogP contribution in [0.2, 0.25) is 0 Å². The molecule has 0 radical (unpaired) electrons. The number of aliphatic imine (C=N–C) groups is 1. The van der Waals surface area contributed by atoms with E-state index in [2.05, 4.69) is 21.7 Å². The van der Waals surface area contributed by atoms with Gasteiger partial charge in [0, 0.05) is 30.6 Å². The summed E-state index contributed by atoms with van der Waals surface area (Å²) in [6.07, 6.45) is 1.00. The molecule has 3 rings (SSSR count). The summed E-state index contributed by atoms with van der Waals surface area (Å²) >= 11 is 0. The summed E-state index contributed by atoms with van der Waals surface area (Å²) in [5, 5.41) is 6.39. The highest BCUT2D eigenvalue weighted by molar-refractivity contribution is 5.79. The SMILES string of the molecule is CCNC(=NCc1ccc(C)cc1OC1CCOC1)NCc1ccccc1F. The second-order valence-electron chi connectivity index (χ2n) is 6.85. The monoisotopic (exact) mass is 385 g/mol. The van der Waals surface area contributed by atoms with E-state index < -0.39 is 0 Å². The Kier molecular flexibility index (Phi) is 7.25. The first-order valence-corrected chi connectivity index (χ1v) is 9.75. The highest BCUT2D eigenvalue weighted by Gasteiger charge is 2.18. The number of aryl methyl sites for hydroxylation is 1. The van der Waals surface area contributed by atoms with Gasteiger partial charge in [-0.15, -0.1) is 0 Å². The van der Waals surface area contributed by atoms with Crippen LogP contribution in [0.1, 0.15) is 30.0 Å². The first-order chi connectivity index (χ1) is 13.7. The molecule has 1 saturated heterocycles. The van der Waals surface area contributed by atoms with E-state index in [1.807, 2.05) is 32.0 Å². The highest BCUT2D eigenvalue weighted by Crippen LogP contribution is 2.24. The Morgan fingerprint density at radius 2 is 2.07 bits per heavy atom. The Morgan fingerprint density at radius 3 is 2.82 bits per heavy atom. The van der Waals surface area contributed by atoms with Crippen LogP contribution in [-0.4, -0.2) is 31.8 Å². The molecule has 2 aromatic carbocycles. The van der Waals surface area contributed by atoms with Gasteiger partial charge in [-0.05, 0) is 31.5 Å². The van der Waals surface area contributed by atoms with Gasteiger partial charge in [-0.1, -0.05) is 30.3 Å². The smallest absolute Gasteiger partial charge is 0.191 e. The van der Waals surface area contributed by atoms with Gasteiger partial charge in [0.1, 0.15) is 17.7 Å². The van der Waals surface area contributed by atoms with Crippen molar-refractivity contribution in [1.29, 1.82) is 0 Å². The molecule has 0 amide bonds. The maximum absolute atomic E-state index is 13.8. The normalized spacial score (nSPS) is 16.8. The molecule has 1 fully saturated rings. The zero-order valence-electron chi connectivity index (χ0n) is 16.5. The predicted molar refractivity (Wildman–Crippen MR) is 109 cm³/mol. The lowest BCUT2D eigenvalue weighted by atomic mass is 10.1. The van der Waals surface area contributed by atoms with Crippen LogP contribution in [0.15, 0.2) is 47.5 Å². The third-order valence-electron chi connectivity index (χ3n) is 4.56. The van der Waals surface area contributed by atoms with Crippen LogP contribution in [0.3, 0.4) is 0 Å². The van der Waals surface area contributed by atoms with Gasteiger partial charge in [0.15, 0.2) is 5.96 Å². The van der Waals surface area contributed by atoms with Crippen LogP contribution in [0.25, 0.3) is 0 Å². The predicted octanol–water partition coefficient (Wildman–Crippen LogP) is 3.56. The van der Waals surface area contributed by atoms with Gasteiger partial charge in [0.2, 0.25) is 0 Å². The molecule has 0 bridgehead atoms. The molecular formula is C22H28FN3O2. The number of nitrogens with zero attached hydrogens (tertiary/aromatic N) is 1. The van der Waals surface area contributed by atoms with Crippen LogP contribution in [0.5, 0.6) is 5.75 Å². The van der Waals surface area contributed by atoms with Gasteiger partial charge in [0.25, 0.3) is 0 Å². The van der Waals surface area contributed by atoms with Gasteiger partial charge in [-0.25, -0.2) is 9.38 Å². The summed E-state index contributed by atoms with van der Waals surface area (Å²) in [7, 11) is 0. The van der Waals surface area contributed by atoms with Crippen molar-refractivity contribution in [3.63, 3.8) is 0 Å². The molecule has 1 aliphatic rings. The molecule has 28 heavy (non-hydrogen) atoms. The number of halogens is 1. The van der Waals surface area contributed by atoms with Crippen LogP contribution >= 0.6 is 0 Å². The van der Waals surface area contributed by atoms with Crippen molar-refractivity contribution >= 4 is 5.96 Å². The Hall–Kier alpha value is -2.60. The highest BCUT2D eigenvalue weighted by atomic mass is 19.1. The average molecular weight is 385 g/mol. The number of guanidine groups is 1. The molecule has 2 aromatic rings. The lowest BCUT2D eigenvalue weighted by Crippen LogP contribution is -2.37. The zero-order valence-corrected chi connectivity index (χ0v) is 16.5. The van der Waals surface area contributed by atoms with Crippen molar-refractivity contribution in [2.24, 2.45) is 4.99 Å². The summed E-state index contributed by atoms with van der Waals surface area (Å²) in [4.78, 5) is 4.65. The Balaban J connectivity index is 1.69. The molecule has 1 unspecified atom stereocenters. The second-order valence-corrected chi connectivity index (χ2v) is 6.85. The molecule has 0 saturated carbocycles. The molecule has 0 aliphatic carbocycles. The van der Waals surface area contributed by atoms with E-state index in [1.54, 1.807) is 12.1 Å². The fraction of sp³-hybridized carbons (Fsp3) is 0.409. The molecule has 1 atom stereocenters. The number of hydrogen-bond donors (Lipinski definition) is 2. The first kappa shape index (κ1) is 20.1. The Bertz CT molecular complexity index is 804. The van der Waals surface area contributed by atoms with E-state index in [1.165, 1.54) is 6.07 Å². The summed E-state index contributed by atoms with van der Waals surface area (Å²) in [5.41, 5.74) is 2.76. The minimum absolute atomic E-state index is 0.0944. The Labute approximate surface area is 166 Å². The van der Waals surface area contributed by atoms with Crippen molar-refractivity contribution in [1.82, 2.24) is 10.6 Å². The number of hydrogen-bond acceptors (Lipinski definition) is 3. The number of nitrogens with one attached hydrogen (secondary N) is 2. The molecule has 150 valence electrons. The van der Waals surface area contributed by atoms with Crippen molar-refractivity contribution in [3.05, 3.63) is 65.0 Å². The van der Waals surface area contributed by atoms with Crippen LogP contribution in [0, 0.1) is 12.7 Å². The molecule has 6 heteroatoms. The lowest BCUT2D eigenvalue weighted by Gasteiger charge is -2.16. The second kappa shape index (κ2) is 10.1. The van der Waals surface area contributed by atoms with Crippen LogP contribution < -0.4 is 15.4 Å². The summed E-state index contributed by atoms with van der Waals surface area (Å²) in [6.45, 7) is 6.98. The van der Waals surface area contributed by atoms with E-state index in [-0.39, 0.29) is 11.9 Å². The third kappa shape index (κ3) is 5.70. The van der Waals surface area contributed by atoms with Gasteiger partial charge >= 0.3 is 0 Å².